The van der Waals surface area contributed by atoms with E-state index in [1.807, 2.05) is 18.2 Å². The number of aromatic amines is 1. The molecule has 3 rings (SSSR count). The topological polar surface area (TPSA) is 88.0 Å². The first kappa shape index (κ1) is 15.1. The lowest BCUT2D eigenvalue weighted by Gasteiger charge is -2.08. The molecule has 0 aliphatic rings. The van der Waals surface area contributed by atoms with E-state index in [1.54, 1.807) is 6.20 Å². The van der Waals surface area contributed by atoms with Crippen LogP contribution >= 0.6 is 12.2 Å². The number of pyridine rings is 1. The number of carboxylic acids is 1. The summed E-state index contributed by atoms with van der Waals surface area (Å²) >= 11 is 5.23. The molecule has 0 saturated carbocycles. The largest absolute Gasteiger partial charge is 0.478 e. The van der Waals surface area contributed by atoms with Gasteiger partial charge in [-0.3, -0.25) is 14.3 Å². The van der Waals surface area contributed by atoms with Crippen LogP contribution in [0.5, 0.6) is 0 Å². The summed E-state index contributed by atoms with van der Waals surface area (Å²) in [5, 5.41) is 9.42. The average molecular weight is 327 g/mol. The van der Waals surface area contributed by atoms with Crippen LogP contribution in [0.4, 0.5) is 0 Å². The number of H-pyrrole nitrogens is 1. The quantitative estimate of drug-likeness (QED) is 0.718. The van der Waals surface area contributed by atoms with Crippen LogP contribution in [0.15, 0.2) is 47.4 Å². The van der Waals surface area contributed by atoms with E-state index in [-0.39, 0.29) is 15.9 Å². The molecule has 7 heteroatoms. The smallest absolute Gasteiger partial charge is 0.335 e. The molecule has 23 heavy (non-hydrogen) atoms. The van der Waals surface area contributed by atoms with Gasteiger partial charge in [0.1, 0.15) is 0 Å². The highest BCUT2D eigenvalue weighted by molar-refractivity contribution is 7.71. The van der Waals surface area contributed by atoms with Gasteiger partial charge in [0.25, 0.3) is 5.56 Å². The van der Waals surface area contributed by atoms with Crippen molar-refractivity contribution >= 4 is 29.1 Å². The van der Waals surface area contributed by atoms with Crippen molar-refractivity contribution in [2.75, 3.05) is 0 Å². The molecule has 0 unspecified atom stereocenters. The van der Waals surface area contributed by atoms with Crippen LogP contribution in [0.2, 0.25) is 0 Å². The fourth-order valence-corrected chi connectivity index (χ4v) is 2.65. The number of aromatic nitrogens is 3. The van der Waals surface area contributed by atoms with Gasteiger partial charge < -0.3 is 10.1 Å². The van der Waals surface area contributed by atoms with Crippen LogP contribution in [-0.4, -0.2) is 25.6 Å². The molecule has 0 amide bonds. The maximum absolute atomic E-state index is 12.6. The third-order valence-electron chi connectivity index (χ3n) is 3.55. The van der Waals surface area contributed by atoms with Gasteiger partial charge in [-0.1, -0.05) is 6.07 Å². The summed E-state index contributed by atoms with van der Waals surface area (Å²) in [4.78, 5) is 30.7. The number of fused-ring (bicyclic) bond motifs is 1. The second kappa shape index (κ2) is 6.13. The maximum Gasteiger partial charge on any atom is 0.335 e. The third-order valence-corrected chi connectivity index (χ3v) is 3.87. The predicted molar refractivity (Wildman–Crippen MR) is 88.3 cm³/mol. The Morgan fingerprint density at radius 2 is 2.13 bits per heavy atom. The molecule has 0 spiro atoms. The van der Waals surface area contributed by atoms with E-state index in [9.17, 15) is 9.59 Å². The summed E-state index contributed by atoms with van der Waals surface area (Å²) in [5.74, 6) is -1.05. The van der Waals surface area contributed by atoms with Gasteiger partial charge in [-0.05, 0) is 42.5 Å². The number of aromatic carboxylic acids is 1. The summed E-state index contributed by atoms with van der Waals surface area (Å²) in [7, 11) is 0. The number of hydrogen-bond acceptors (Lipinski definition) is 4. The van der Waals surface area contributed by atoms with Gasteiger partial charge in [0, 0.05) is 24.9 Å². The summed E-state index contributed by atoms with van der Waals surface area (Å²) in [6, 6.07) is 9.93. The molecule has 2 aromatic heterocycles. The number of aryl methyl sites for hydroxylation is 1. The lowest BCUT2D eigenvalue weighted by atomic mass is 10.1. The minimum Gasteiger partial charge on any atom is -0.478 e. The lowest BCUT2D eigenvalue weighted by Crippen LogP contribution is -2.23. The molecule has 0 radical (unpaired) electrons. The second-order valence-electron chi connectivity index (χ2n) is 5.02. The third kappa shape index (κ3) is 3.04. The summed E-state index contributed by atoms with van der Waals surface area (Å²) in [6.07, 6.45) is 2.28. The Balaban J connectivity index is 2.01. The lowest BCUT2D eigenvalue weighted by molar-refractivity contribution is 0.0697. The zero-order valence-electron chi connectivity index (χ0n) is 12.0. The Morgan fingerprint density at radius 1 is 1.30 bits per heavy atom. The SMILES string of the molecule is O=C(O)c1ccc2c(=O)n(CCc3ccccn3)c(=S)[nH]c2c1. The number of hydrogen-bond donors (Lipinski definition) is 2. The summed E-state index contributed by atoms with van der Waals surface area (Å²) in [6.45, 7) is 0.405. The Morgan fingerprint density at radius 3 is 2.83 bits per heavy atom. The molecule has 0 aliphatic heterocycles. The van der Waals surface area contributed by atoms with Crippen LogP contribution in [-0.2, 0) is 13.0 Å². The van der Waals surface area contributed by atoms with Crippen molar-refractivity contribution in [2.24, 2.45) is 0 Å². The molecule has 1 aromatic carbocycles. The number of benzene rings is 1. The normalized spacial score (nSPS) is 10.8. The Labute approximate surface area is 136 Å². The zero-order valence-corrected chi connectivity index (χ0v) is 12.8. The molecular formula is C16H13N3O3S. The molecule has 0 aliphatic carbocycles. The molecule has 2 N–H and O–H groups in total. The Hall–Kier alpha value is -2.80. The van der Waals surface area contributed by atoms with Gasteiger partial charge in [0.05, 0.1) is 16.5 Å². The minimum absolute atomic E-state index is 0.105. The van der Waals surface area contributed by atoms with Crippen LogP contribution in [0, 0.1) is 4.77 Å². The van der Waals surface area contributed by atoms with E-state index < -0.39 is 5.97 Å². The molecule has 2 heterocycles. The fourth-order valence-electron chi connectivity index (χ4n) is 2.36. The van der Waals surface area contributed by atoms with Crippen molar-refractivity contribution in [1.82, 2.24) is 14.5 Å². The molecule has 6 nitrogen and oxygen atoms in total. The number of carbonyl (C=O) groups is 1. The Bertz CT molecular complexity index is 993. The monoisotopic (exact) mass is 327 g/mol. The van der Waals surface area contributed by atoms with Crippen molar-refractivity contribution in [3.8, 4) is 0 Å². The first-order chi connectivity index (χ1) is 11.1. The van der Waals surface area contributed by atoms with Gasteiger partial charge in [-0.25, -0.2) is 4.79 Å². The summed E-state index contributed by atoms with van der Waals surface area (Å²) in [5.41, 5.74) is 1.16. The number of nitrogens with zero attached hydrogens (tertiary/aromatic N) is 2. The number of rotatable bonds is 4. The molecule has 0 fully saturated rings. The fraction of sp³-hybridized carbons (Fsp3) is 0.125. The second-order valence-corrected chi connectivity index (χ2v) is 5.41. The van der Waals surface area contributed by atoms with Crippen molar-refractivity contribution in [3.05, 3.63) is 69.0 Å². The number of nitrogens with one attached hydrogen (secondary N) is 1. The van der Waals surface area contributed by atoms with Crippen molar-refractivity contribution in [3.63, 3.8) is 0 Å². The van der Waals surface area contributed by atoms with E-state index in [1.165, 1.54) is 22.8 Å². The highest BCUT2D eigenvalue weighted by Gasteiger charge is 2.09. The van der Waals surface area contributed by atoms with Crippen LogP contribution in [0.1, 0.15) is 16.1 Å². The van der Waals surface area contributed by atoms with Crippen molar-refractivity contribution < 1.29 is 9.90 Å². The summed E-state index contributed by atoms with van der Waals surface area (Å²) < 4.78 is 1.73. The molecule has 0 bridgehead atoms. The van der Waals surface area contributed by atoms with Gasteiger partial charge in [0.2, 0.25) is 0 Å². The van der Waals surface area contributed by atoms with E-state index in [0.29, 0.717) is 23.9 Å². The first-order valence-corrected chi connectivity index (χ1v) is 7.37. The molecule has 3 aromatic rings. The van der Waals surface area contributed by atoms with E-state index in [2.05, 4.69) is 9.97 Å². The standard InChI is InChI=1S/C16H13N3O3S/c20-14-12-5-4-10(15(21)22)9-13(12)18-16(23)19(14)8-6-11-3-1-2-7-17-11/h1-5,7,9H,6,8H2,(H,18,23)(H,21,22). The van der Waals surface area contributed by atoms with Crippen LogP contribution < -0.4 is 5.56 Å². The van der Waals surface area contributed by atoms with Crippen LogP contribution in [0.3, 0.4) is 0 Å². The van der Waals surface area contributed by atoms with Gasteiger partial charge in [-0.15, -0.1) is 0 Å². The molecule has 116 valence electrons. The predicted octanol–water partition coefficient (Wildman–Crippen LogP) is 2.39. The molecule has 0 atom stereocenters. The Kier molecular flexibility index (Phi) is 4.03. The van der Waals surface area contributed by atoms with E-state index in [4.69, 9.17) is 17.3 Å². The van der Waals surface area contributed by atoms with Crippen molar-refractivity contribution in [1.29, 1.82) is 0 Å². The first-order valence-electron chi connectivity index (χ1n) is 6.96. The van der Waals surface area contributed by atoms with Crippen molar-refractivity contribution in [2.45, 2.75) is 13.0 Å². The van der Waals surface area contributed by atoms with Gasteiger partial charge in [0.15, 0.2) is 4.77 Å². The highest BCUT2D eigenvalue weighted by Crippen LogP contribution is 2.11. The minimum atomic E-state index is -1.05. The number of carboxylic acid groups (broad SMARTS) is 1. The average Bonchev–Trinajstić information content (AvgIpc) is 2.55. The highest BCUT2D eigenvalue weighted by atomic mass is 32.1. The van der Waals surface area contributed by atoms with E-state index in [0.717, 1.165) is 5.69 Å². The maximum atomic E-state index is 12.6. The van der Waals surface area contributed by atoms with Crippen LogP contribution in [0.25, 0.3) is 10.9 Å². The molecular weight excluding hydrogens is 314 g/mol. The molecule has 0 saturated heterocycles. The van der Waals surface area contributed by atoms with Gasteiger partial charge >= 0.3 is 5.97 Å². The van der Waals surface area contributed by atoms with Gasteiger partial charge in [-0.2, -0.15) is 0 Å². The van der Waals surface area contributed by atoms with E-state index >= 15 is 0 Å². The zero-order chi connectivity index (χ0) is 16.4.